The molecule has 21 heavy (non-hydrogen) atoms. The van der Waals surface area contributed by atoms with Gasteiger partial charge in [-0.25, -0.2) is 0 Å². The number of nitrogens with zero attached hydrogens (tertiary/aromatic N) is 3. The number of anilines is 1. The molecule has 0 saturated heterocycles. The van der Waals surface area contributed by atoms with Crippen LogP contribution >= 0.6 is 34.7 Å². The molecule has 2 heterocycles. The second-order valence-electron chi connectivity index (χ2n) is 4.30. The Morgan fingerprint density at radius 1 is 1.29 bits per heavy atom. The molecule has 108 valence electrons. The van der Waals surface area contributed by atoms with Crippen molar-refractivity contribution in [2.45, 2.75) is 17.0 Å². The van der Waals surface area contributed by atoms with E-state index < -0.39 is 0 Å². The fraction of sp³-hybridized carbons (Fsp3) is 0.214. The van der Waals surface area contributed by atoms with Crippen LogP contribution in [0.4, 0.5) is 5.13 Å². The Balaban J connectivity index is 1.80. The maximum absolute atomic E-state index is 6.21. The summed E-state index contributed by atoms with van der Waals surface area (Å²) in [6.07, 6.45) is 1.79. The topological polar surface area (TPSA) is 50.7 Å². The molecule has 0 atom stereocenters. The van der Waals surface area contributed by atoms with E-state index in [1.165, 1.54) is 0 Å². The highest BCUT2D eigenvalue weighted by Gasteiger charge is 2.08. The first-order chi connectivity index (χ1) is 10.3. The average molecular weight is 337 g/mol. The molecule has 0 fully saturated rings. The number of aromatic nitrogens is 3. The third kappa shape index (κ3) is 3.28. The Hall–Kier alpha value is -1.37. The van der Waals surface area contributed by atoms with Crippen molar-refractivity contribution in [3.05, 3.63) is 41.0 Å². The van der Waals surface area contributed by atoms with Crippen LogP contribution in [0.5, 0.6) is 0 Å². The maximum atomic E-state index is 6.21. The molecule has 0 aliphatic rings. The van der Waals surface area contributed by atoms with Gasteiger partial charge in [0.25, 0.3) is 0 Å². The Bertz CT molecular complexity index is 760. The number of fused-ring (bicyclic) bond motifs is 1. The number of hydrogen-bond acceptors (Lipinski definition) is 6. The summed E-state index contributed by atoms with van der Waals surface area (Å²) in [4.78, 5) is 4.45. The molecule has 3 rings (SSSR count). The SMILES string of the molecule is CCNc1nnc(SCc2ccc(Cl)c3cccnc23)s1. The molecule has 0 amide bonds. The lowest BCUT2D eigenvalue weighted by atomic mass is 10.1. The van der Waals surface area contributed by atoms with Gasteiger partial charge in [-0.05, 0) is 30.7 Å². The van der Waals surface area contributed by atoms with E-state index in [1.807, 2.05) is 31.2 Å². The zero-order valence-electron chi connectivity index (χ0n) is 11.3. The minimum Gasteiger partial charge on any atom is -0.360 e. The number of benzene rings is 1. The van der Waals surface area contributed by atoms with Gasteiger partial charge in [-0.15, -0.1) is 10.2 Å². The van der Waals surface area contributed by atoms with Crippen LogP contribution in [0.25, 0.3) is 10.9 Å². The summed E-state index contributed by atoms with van der Waals surface area (Å²) < 4.78 is 0.949. The molecule has 1 aromatic carbocycles. The van der Waals surface area contributed by atoms with Crippen molar-refractivity contribution >= 4 is 50.7 Å². The smallest absolute Gasteiger partial charge is 0.206 e. The summed E-state index contributed by atoms with van der Waals surface area (Å²) in [5, 5.41) is 14.0. The zero-order chi connectivity index (χ0) is 14.7. The van der Waals surface area contributed by atoms with Gasteiger partial charge in [-0.3, -0.25) is 4.98 Å². The first-order valence-electron chi connectivity index (χ1n) is 6.50. The molecule has 0 bridgehead atoms. The Kier molecular flexibility index (Phi) is 4.57. The molecular formula is C14H13ClN4S2. The monoisotopic (exact) mass is 336 g/mol. The van der Waals surface area contributed by atoms with Gasteiger partial charge in [0.15, 0.2) is 4.34 Å². The van der Waals surface area contributed by atoms with Gasteiger partial charge in [0.1, 0.15) is 0 Å². The third-order valence-electron chi connectivity index (χ3n) is 2.89. The predicted octanol–water partition coefficient (Wildman–Crippen LogP) is 4.46. The molecule has 0 aliphatic carbocycles. The molecule has 0 spiro atoms. The van der Waals surface area contributed by atoms with E-state index in [2.05, 4.69) is 20.5 Å². The summed E-state index contributed by atoms with van der Waals surface area (Å²) in [5.41, 5.74) is 2.11. The van der Waals surface area contributed by atoms with Crippen molar-refractivity contribution in [3.8, 4) is 0 Å². The zero-order valence-corrected chi connectivity index (χ0v) is 13.7. The fourth-order valence-corrected chi connectivity index (χ4v) is 3.96. The molecule has 7 heteroatoms. The van der Waals surface area contributed by atoms with Crippen molar-refractivity contribution in [3.63, 3.8) is 0 Å². The lowest BCUT2D eigenvalue weighted by Gasteiger charge is -2.05. The van der Waals surface area contributed by atoms with Crippen LogP contribution in [0.15, 0.2) is 34.8 Å². The molecular weight excluding hydrogens is 324 g/mol. The Morgan fingerprint density at radius 2 is 2.19 bits per heavy atom. The quantitative estimate of drug-likeness (QED) is 0.697. The number of hydrogen-bond donors (Lipinski definition) is 1. The van der Waals surface area contributed by atoms with E-state index in [4.69, 9.17) is 11.6 Å². The molecule has 0 radical (unpaired) electrons. The van der Waals surface area contributed by atoms with E-state index in [1.54, 1.807) is 29.3 Å². The standard InChI is InChI=1S/C14H13ClN4S2/c1-2-16-13-18-19-14(21-13)20-8-9-5-6-11(15)10-4-3-7-17-12(9)10/h3-7H,2,8H2,1H3,(H,16,18). The number of halogens is 1. The lowest BCUT2D eigenvalue weighted by Crippen LogP contribution is -1.94. The normalized spacial score (nSPS) is 11.0. The average Bonchev–Trinajstić information content (AvgIpc) is 2.95. The van der Waals surface area contributed by atoms with Crippen LogP contribution in [-0.2, 0) is 5.75 Å². The van der Waals surface area contributed by atoms with Crippen LogP contribution in [0.3, 0.4) is 0 Å². The number of pyridine rings is 1. The highest BCUT2D eigenvalue weighted by atomic mass is 35.5. The van der Waals surface area contributed by atoms with Gasteiger partial charge >= 0.3 is 0 Å². The maximum Gasteiger partial charge on any atom is 0.206 e. The second-order valence-corrected chi connectivity index (χ2v) is 6.91. The van der Waals surface area contributed by atoms with Gasteiger partial charge in [-0.1, -0.05) is 40.8 Å². The second kappa shape index (κ2) is 6.60. The summed E-state index contributed by atoms with van der Waals surface area (Å²) in [5.74, 6) is 0.797. The van der Waals surface area contributed by atoms with Crippen LogP contribution in [0.2, 0.25) is 5.02 Å². The number of nitrogens with one attached hydrogen (secondary N) is 1. The molecule has 0 aliphatic heterocycles. The highest BCUT2D eigenvalue weighted by Crippen LogP contribution is 2.32. The van der Waals surface area contributed by atoms with Crippen LogP contribution in [0.1, 0.15) is 12.5 Å². The first-order valence-corrected chi connectivity index (χ1v) is 8.68. The van der Waals surface area contributed by atoms with Crippen LogP contribution in [0, 0.1) is 0 Å². The summed E-state index contributed by atoms with van der Waals surface area (Å²) in [7, 11) is 0. The van der Waals surface area contributed by atoms with Crippen molar-refractivity contribution in [2.75, 3.05) is 11.9 Å². The summed E-state index contributed by atoms with van der Waals surface area (Å²) >= 11 is 9.44. The van der Waals surface area contributed by atoms with Crippen molar-refractivity contribution in [2.24, 2.45) is 0 Å². The minimum atomic E-state index is 0.734. The Labute approximate surface area is 136 Å². The van der Waals surface area contributed by atoms with Gasteiger partial charge in [-0.2, -0.15) is 0 Å². The van der Waals surface area contributed by atoms with Gasteiger partial charge < -0.3 is 5.32 Å². The van der Waals surface area contributed by atoms with E-state index >= 15 is 0 Å². The van der Waals surface area contributed by atoms with Crippen molar-refractivity contribution in [1.29, 1.82) is 0 Å². The third-order valence-corrected chi connectivity index (χ3v) is 5.28. The van der Waals surface area contributed by atoms with Gasteiger partial charge in [0.05, 0.1) is 5.52 Å². The molecule has 4 nitrogen and oxygen atoms in total. The largest absolute Gasteiger partial charge is 0.360 e. The summed E-state index contributed by atoms with van der Waals surface area (Å²) in [6, 6.07) is 7.84. The Morgan fingerprint density at radius 3 is 3.05 bits per heavy atom. The van der Waals surface area contributed by atoms with Crippen LogP contribution < -0.4 is 5.32 Å². The highest BCUT2D eigenvalue weighted by molar-refractivity contribution is 8.00. The molecule has 0 unspecified atom stereocenters. The number of rotatable bonds is 5. The van der Waals surface area contributed by atoms with Crippen molar-refractivity contribution in [1.82, 2.24) is 15.2 Å². The van der Waals surface area contributed by atoms with E-state index in [9.17, 15) is 0 Å². The molecule has 0 saturated carbocycles. The predicted molar refractivity (Wildman–Crippen MR) is 90.4 cm³/mol. The fourth-order valence-electron chi connectivity index (χ4n) is 1.94. The van der Waals surface area contributed by atoms with E-state index in [0.29, 0.717) is 0 Å². The summed E-state index contributed by atoms with van der Waals surface area (Å²) in [6.45, 7) is 2.89. The molecule has 1 N–H and O–H groups in total. The first kappa shape index (κ1) is 14.6. The molecule has 2 aromatic heterocycles. The van der Waals surface area contributed by atoms with Crippen LogP contribution in [-0.4, -0.2) is 21.7 Å². The van der Waals surface area contributed by atoms with Gasteiger partial charge in [0, 0.05) is 28.9 Å². The van der Waals surface area contributed by atoms with Gasteiger partial charge in [0.2, 0.25) is 5.13 Å². The molecule has 3 aromatic rings. The minimum absolute atomic E-state index is 0.734. The van der Waals surface area contributed by atoms with E-state index in [0.717, 1.165) is 43.3 Å². The lowest BCUT2D eigenvalue weighted by molar-refractivity contribution is 1.00. The number of thioether (sulfide) groups is 1. The van der Waals surface area contributed by atoms with E-state index in [-0.39, 0.29) is 0 Å². The van der Waals surface area contributed by atoms with Crippen molar-refractivity contribution < 1.29 is 0 Å².